The summed E-state index contributed by atoms with van der Waals surface area (Å²) in [6.45, 7) is 2.15. The van der Waals surface area contributed by atoms with Gasteiger partial charge in [-0.1, -0.05) is 13.3 Å². The molecule has 0 aliphatic carbocycles. The molecule has 8 nitrogen and oxygen atoms in total. The van der Waals surface area contributed by atoms with Crippen molar-refractivity contribution >= 4 is 25.5 Å². The number of unbranched alkanes of at least 4 members (excludes halogenated alkanes) is 1. The number of nitrogens with zero attached hydrogens (tertiary/aromatic N) is 2. The second kappa shape index (κ2) is 7.16. The quantitative estimate of drug-likeness (QED) is 0.527. The average molecular weight is 376 g/mol. The summed E-state index contributed by atoms with van der Waals surface area (Å²) in [4.78, 5) is 10.0. The zero-order valence-corrected chi connectivity index (χ0v) is 14.9. The van der Waals surface area contributed by atoms with Crippen LogP contribution in [0.25, 0.3) is 0 Å². The highest BCUT2D eigenvalue weighted by molar-refractivity contribution is 7.92. The predicted molar refractivity (Wildman–Crippen MR) is 89.0 cm³/mol. The standard InChI is InChI=1S/C14H20N2O6S2/c1-2-3-9-15(13-8-10-23(19,20)11-13)24(21,22)14-6-4-12(5-7-14)16(17)18/h4-7,13H,2-3,8-11H2,1H3/t13-/m0/s1. The van der Waals surface area contributed by atoms with Gasteiger partial charge in [0.05, 0.1) is 21.3 Å². The Labute approximate surface area is 141 Å². The van der Waals surface area contributed by atoms with E-state index in [0.29, 0.717) is 6.42 Å². The van der Waals surface area contributed by atoms with Crippen LogP contribution in [-0.4, -0.2) is 50.2 Å². The number of nitro benzene ring substituents is 1. The molecule has 0 spiro atoms. The number of hydrogen-bond donors (Lipinski definition) is 0. The van der Waals surface area contributed by atoms with Crippen molar-refractivity contribution in [1.29, 1.82) is 0 Å². The van der Waals surface area contributed by atoms with Gasteiger partial charge in [-0.3, -0.25) is 10.1 Å². The first-order valence-electron chi connectivity index (χ1n) is 7.64. The smallest absolute Gasteiger partial charge is 0.258 e. The lowest BCUT2D eigenvalue weighted by molar-refractivity contribution is -0.384. The molecular formula is C14H20N2O6S2. The molecule has 1 saturated heterocycles. The molecule has 0 radical (unpaired) electrons. The van der Waals surface area contributed by atoms with E-state index in [1.54, 1.807) is 0 Å². The molecule has 1 aromatic rings. The zero-order chi connectivity index (χ0) is 18.0. The van der Waals surface area contributed by atoms with Crippen LogP contribution in [0.2, 0.25) is 0 Å². The van der Waals surface area contributed by atoms with Crippen LogP contribution in [0.3, 0.4) is 0 Å². The minimum atomic E-state index is -3.90. The molecule has 0 amide bonds. The van der Waals surface area contributed by atoms with E-state index in [9.17, 15) is 26.9 Å². The maximum absolute atomic E-state index is 12.9. The molecule has 1 atom stereocenters. The Kier molecular flexibility index (Phi) is 5.61. The van der Waals surface area contributed by atoms with Crippen LogP contribution in [0.15, 0.2) is 29.2 Å². The van der Waals surface area contributed by atoms with Gasteiger partial charge in [0.1, 0.15) is 0 Å². The molecule has 0 saturated carbocycles. The summed E-state index contributed by atoms with van der Waals surface area (Å²) >= 11 is 0. The van der Waals surface area contributed by atoms with E-state index in [1.807, 2.05) is 6.92 Å². The fourth-order valence-corrected chi connectivity index (χ4v) is 6.21. The van der Waals surface area contributed by atoms with E-state index < -0.39 is 30.8 Å². The van der Waals surface area contributed by atoms with E-state index in [1.165, 1.54) is 16.4 Å². The molecule has 0 aromatic heterocycles. The van der Waals surface area contributed by atoms with Crippen LogP contribution in [0.1, 0.15) is 26.2 Å². The van der Waals surface area contributed by atoms with Gasteiger partial charge < -0.3 is 0 Å². The summed E-state index contributed by atoms with van der Waals surface area (Å²) in [5, 5.41) is 10.7. The summed E-state index contributed by atoms with van der Waals surface area (Å²) in [6.07, 6.45) is 1.66. The van der Waals surface area contributed by atoms with Crippen molar-refractivity contribution in [2.45, 2.75) is 37.1 Å². The first-order valence-corrected chi connectivity index (χ1v) is 10.9. The highest BCUT2D eigenvalue weighted by atomic mass is 32.2. The Balaban J connectivity index is 2.34. The third kappa shape index (κ3) is 4.11. The molecule has 1 fully saturated rings. The van der Waals surface area contributed by atoms with Gasteiger partial charge in [0.25, 0.3) is 5.69 Å². The normalized spacial score (nSPS) is 20.3. The van der Waals surface area contributed by atoms with Crippen molar-refractivity contribution in [2.24, 2.45) is 0 Å². The Morgan fingerprint density at radius 1 is 1.29 bits per heavy atom. The SMILES string of the molecule is CCCCN([C@H]1CCS(=O)(=O)C1)S(=O)(=O)c1ccc([N+](=O)[O-])cc1. The number of benzene rings is 1. The highest BCUT2D eigenvalue weighted by Crippen LogP contribution is 2.26. The second-order valence-electron chi connectivity index (χ2n) is 5.78. The summed E-state index contributed by atoms with van der Waals surface area (Å²) in [6, 6.07) is 4.07. The fourth-order valence-electron chi connectivity index (χ4n) is 2.69. The van der Waals surface area contributed by atoms with Crippen molar-refractivity contribution in [3.8, 4) is 0 Å². The van der Waals surface area contributed by atoms with E-state index in [4.69, 9.17) is 0 Å². The van der Waals surface area contributed by atoms with Gasteiger partial charge in [0, 0.05) is 24.7 Å². The van der Waals surface area contributed by atoms with Gasteiger partial charge in [-0.15, -0.1) is 0 Å². The molecule has 1 heterocycles. The van der Waals surface area contributed by atoms with Gasteiger partial charge in [0.2, 0.25) is 10.0 Å². The van der Waals surface area contributed by atoms with E-state index in [-0.39, 0.29) is 35.1 Å². The third-order valence-corrected chi connectivity index (χ3v) is 7.72. The topological polar surface area (TPSA) is 115 Å². The van der Waals surface area contributed by atoms with Crippen molar-refractivity contribution in [1.82, 2.24) is 4.31 Å². The van der Waals surface area contributed by atoms with E-state index in [0.717, 1.165) is 18.6 Å². The number of nitro groups is 1. The molecule has 24 heavy (non-hydrogen) atoms. The van der Waals surface area contributed by atoms with Crippen molar-refractivity contribution in [2.75, 3.05) is 18.1 Å². The number of hydrogen-bond acceptors (Lipinski definition) is 6. The van der Waals surface area contributed by atoms with Crippen molar-refractivity contribution in [3.05, 3.63) is 34.4 Å². The summed E-state index contributed by atoms with van der Waals surface area (Å²) in [5.74, 6) is -0.195. The lowest BCUT2D eigenvalue weighted by Gasteiger charge is -2.27. The van der Waals surface area contributed by atoms with Crippen LogP contribution in [0.5, 0.6) is 0 Å². The lowest BCUT2D eigenvalue weighted by atomic mass is 10.2. The predicted octanol–water partition coefficient (Wildman–Crippen LogP) is 1.57. The largest absolute Gasteiger partial charge is 0.269 e. The number of sulfonamides is 1. The fraction of sp³-hybridized carbons (Fsp3) is 0.571. The maximum Gasteiger partial charge on any atom is 0.269 e. The van der Waals surface area contributed by atoms with Crippen molar-refractivity contribution < 1.29 is 21.8 Å². The highest BCUT2D eigenvalue weighted by Gasteiger charge is 2.38. The number of rotatable bonds is 7. The Morgan fingerprint density at radius 3 is 2.38 bits per heavy atom. The van der Waals surface area contributed by atoms with Gasteiger partial charge in [-0.05, 0) is 25.0 Å². The van der Waals surface area contributed by atoms with E-state index in [2.05, 4.69) is 0 Å². The molecule has 10 heteroatoms. The monoisotopic (exact) mass is 376 g/mol. The molecule has 0 bridgehead atoms. The molecule has 1 aliphatic rings. The zero-order valence-electron chi connectivity index (χ0n) is 13.3. The minimum absolute atomic E-state index is 0.0178. The molecule has 1 aliphatic heterocycles. The molecule has 2 rings (SSSR count). The molecule has 1 aromatic carbocycles. The van der Waals surface area contributed by atoms with Crippen LogP contribution in [0.4, 0.5) is 5.69 Å². The van der Waals surface area contributed by atoms with E-state index >= 15 is 0 Å². The van der Waals surface area contributed by atoms with Gasteiger partial charge in [-0.2, -0.15) is 4.31 Å². The average Bonchev–Trinajstić information content (AvgIpc) is 2.87. The van der Waals surface area contributed by atoms with Gasteiger partial charge >= 0.3 is 0 Å². The Bertz CT molecular complexity index is 802. The van der Waals surface area contributed by atoms with Crippen molar-refractivity contribution in [3.63, 3.8) is 0 Å². The maximum atomic E-state index is 12.9. The first kappa shape index (κ1) is 18.8. The Morgan fingerprint density at radius 2 is 1.92 bits per heavy atom. The summed E-state index contributed by atoms with van der Waals surface area (Å²) in [5.41, 5.74) is -0.197. The second-order valence-corrected chi connectivity index (χ2v) is 9.90. The summed E-state index contributed by atoms with van der Waals surface area (Å²) in [7, 11) is -7.12. The number of non-ortho nitro benzene ring substituents is 1. The molecular weight excluding hydrogens is 356 g/mol. The first-order chi connectivity index (χ1) is 11.2. The third-order valence-electron chi connectivity index (χ3n) is 4.00. The van der Waals surface area contributed by atoms with Crippen LogP contribution in [-0.2, 0) is 19.9 Å². The molecule has 0 N–H and O–H groups in total. The molecule has 0 unspecified atom stereocenters. The van der Waals surface area contributed by atoms with Crippen LogP contribution >= 0.6 is 0 Å². The summed E-state index contributed by atoms with van der Waals surface area (Å²) < 4.78 is 50.4. The van der Waals surface area contributed by atoms with Gasteiger partial charge in [-0.25, -0.2) is 16.8 Å². The van der Waals surface area contributed by atoms with Crippen LogP contribution < -0.4 is 0 Å². The minimum Gasteiger partial charge on any atom is -0.258 e. The lowest BCUT2D eigenvalue weighted by Crippen LogP contribution is -2.41. The Hall–Kier alpha value is -1.52. The number of sulfone groups is 1. The molecule has 134 valence electrons. The van der Waals surface area contributed by atoms with Gasteiger partial charge in [0.15, 0.2) is 9.84 Å². The van der Waals surface area contributed by atoms with Crippen LogP contribution in [0, 0.1) is 10.1 Å².